The smallest absolute Gasteiger partial charge is 0.378 e. The number of hydrogen-bond donors (Lipinski definition) is 3. The Bertz CT molecular complexity index is 1120. The molecule has 10 nitrogen and oxygen atoms in total. The molecule has 2 aromatic heterocycles. The maximum absolute atomic E-state index is 13.1. The van der Waals surface area contributed by atoms with Crippen molar-refractivity contribution in [2.45, 2.75) is 44.6 Å². The van der Waals surface area contributed by atoms with E-state index in [9.17, 15) is 35.9 Å². The van der Waals surface area contributed by atoms with Gasteiger partial charge >= 0.3 is 12.4 Å². The number of H-pyrrole nitrogens is 1. The number of halogens is 6. The molecule has 1 aliphatic heterocycles. The lowest BCUT2D eigenvalue weighted by molar-refractivity contribution is -0.139. The maximum Gasteiger partial charge on any atom is 0.423 e. The van der Waals surface area contributed by atoms with E-state index in [2.05, 4.69) is 25.9 Å². The van der Waals surface area contributed by atoms with Crippen LogP contribution in [0.5, 0.6) is 0 Å². The minimum absolute atomic E-state index is 0.117. The van der Waals surface area contributed by atoms with Crippen LogP contribution >= 0.6 is 0 Å². The Balaban J connectivity index is 1.44. The highest BCUT2D eigenvalue weighted by Gasteiger charge is 2.37. The first kappa shape index (κ1) is 25.7. The molecular weight excluding hydrogens is 500 g/mol. The van der Waals surface area contributed by atoms with Gasteiger partial charge in [-0.25, -0.2) is 20.5 Å². The van der Waals surface area contributed by atoms with Gasteiger partial charge in [-0.2, -0.15) is 31.4 Å². The lowest BCUT2D eigenvalue weighted by Crippen LogP contribution is -2.37. The minimum Gasteiger partial charge on any atom is -0.378 e. The van der Waals surface area contributed by atoms with Gasteiger partial charge in [-0.05, 0) is 25.7 Å². The molecule has 1 amide bonds. The molecule has 0 saturated carbocycles. The molecule has 16 heteroatoms. The Morgan fingerprint density at radius 3 is 2.42 bits per heavy atom. The van der Waals surface area contributed by atoms with Gasteiger partial charge in [0.1, 0.15) is 5.56 Å². The van der Waals surface area contributed by atoms with E-state index in [0.29, 0.717) is 38.3 Å². The normalized spacial score (nSPS) is 17.3. The van der Waals surface area contributed by atoms with Crippen LogP contribution in [0.25, 0.3) is 0 Å². The Hall–Kier alpha value is -3.43. The van der Waals surface area contributed by atoms with Crippen molar-refractivity contribution < 1.29 is 37.3 Å². The van der Waals surface area contributed by atoms with E-state index in [1.807, 2.05) is 0 Å². The van der Waals surface area contributed by atoms with E-state index in [0.717, 1.165) is 6.20 Å². The minimum atomic E-state index is -4.92. The highest BCUT2D eigenvalue weighted by molar-refractivity contribution is 5.75. The first-order valence-corrected chi connectivity index (χ1v) is 10.7. The van der Waals surface area contributed by atoms with Gasteiger partial charge < -0.3 is 10.2 Å². The summed E-state index contributed by atoms with van der Waals surface area (Å²) in [4.78, 5) is 38.0. The van der Waals surface area contributed by atoms with E-state index < -0.39 is 53.1 Å². The van der Waals surface area contributed by atoms with Crippen LogP contribution in [0.2, 0.25) is 0 Å². The second kappa shape index (κ2) is 11.1. The lowest BCUT2D eigenvalue weighted by Gasteiger charge is -2.31. The molecule has 2 aromatic rings. The molecule has 0 aromatic carbocycles. The zero-order valence-corrected chi connectivity index (χ0v) is 18.8. The van der Waals surface area contributed by atoms with Gasteiger partial charge in [-0.1, -0.05) is 0 Å². The number of carbonyl (C=O) groups is 1. The fourth-order valence-corrected chi connectivity index (χ4v) is 3.48. The van der Waals surface area contributed by atoms with Crippen LogP contribution in [0.3, 0.4) is 0 Å². The van der Waals surface area contributed by atoms with Crippen molar-refractivity contribution in [2.24, 2.45) is 5.92 Å². The predicted molar refractivity (Wildman–Crippen MR) is 114 cm³/mol. The highest BCUT2D eigenvalue weighted by Crippen LogP contribution is 2.32. The van der Waals surface area contributed by atoms with Crippen LogP contribution in [0.15, 0.2) is 23.4 Å². The SMILES string of the molecule is [2H]C(C(=O)NOC[C@H](C)Nc1cn[nH]c(=O)c1C(F)(F)F)C1CCN(c2ncc(C(F)(F)F)cn2)CC1. The summed E-state index contributed by atoms with van der Waals surface area (Å²) in [6, 6.07) is -0.777. The Morgan fingerprint density at radius 2 is 1.83 bits per heavy atom. The van der Waals surface area contributed by atoms with E-state index in [1.54, 1.807) is 10.00 Å². The van der Waals surface area contributed by atoms with Crippen LogP contribution in [-0.4, -0.2) is 51.8 Å². The molecule has 0 aliphatic carbocycles. The summed E-state index contributed by atoms with van der Waals surface area (Å²) in [6.45, 7) is 1.82. The van der Waals surface area contributed by atoms with Gasteiger partial charge in [0, 0.05) is 39.3 Å². The molecule has 3 N–H and O–H groups in total. The highest BCUT2D eigenvalue weighted by atomic mass is 19.4. The summed E-state index contributed by atoms with van der Waals surface area (Å²) < 4.78 is 85.5. The van der Waals surface area contributed by atoms with Crippen molar-refractivity contribution in [2.75, 3.05) is 29.9 Å². The largest absolute Gasteiger partial charge is 0.423 e. The monoisotopic (exact) mass is 524 g/mol. The number of nitrogens with zero attached hydrogens (tertiary/aromatic N) is 4. The number of hydroxylamine groups is 1. The summed E-state index contributed by atoms with van der Waals surface area (Å²) in [7, 11) is 0. The zero-order valence-electron chi connectivity index (χ0n) is 19.8. The fraction of sp³-hybridized carbons (Fsp3) is 0.550. The van der Waals surface area contributed by atoms with Crippen molar-refractivity contribution in [1.82, 2.24) is 25.6 Å². The number of carbonyl (C=O) groups excluding carboxylic acids is 1. The van der Waals surface area contributed by atoms with E-state index in [4.69, 9.17) is 6.21 Å². The molecule has 3 heterocycles. The van der Waals surface area contributed by atoms with Crippen LogP contribution in [0.4, 0.5) is 38.0 Å². The molecule has 2 atom stereocenters. The first-order chi connectivity index (χ1) is 17.3. The van der Waals surface area contributed by atoms with Crippen molar-refractivity contribution in [3.63, 3.8) is 0 Å². The molecule has 198 valence electrons. The molecule has 0 spiro atoms. The molecule has 1 aliphatic rings. The maximum atomic E-state index is 13.1. The number of aromatic amines is 1. The van der Waals surface area contributed by atoms with Crippen molar-refractivity contribution in [3.05, 3.63) is 40.1 Å². The standard InChI is InChI=1S/C20H23F6N7O3/c1-11(30-14-9-29-31-17(35)16(14)20(24,25)26)10-36-32-15(34)6-12-2-4-33(5-3-12)18-27-7-13(8-28-18)19(21,22)23/h7-9,11-12H,2-6,10H2,1H3,(H,32,34)(H2,30,31,35)/t11-/m0/s1/i6D/t6?,11-. The van der Waals surface area contributed by atoms with E-state index in [-0.39, 0.29) is 18.5 Å². The van der Waals surface area contributed by atoms with E-state index in [1.165, 1.54) is 6.92 Å². The second-order valence-corrected chi connectivity index (χ2v) is 8.07. The van der Waals surface area contributed by atoms with Gasteiger partial charge in [-0.15, -0.1) is 0 Å². The summed E-state index contributed by atoms with van der Waals surface area (Å²) in [6.07, 6.45) is -7.73. The molecule has 1 saturated heterocycles. The summed E-state index contributed by atoms with van der Waals surface area (Å²) in [5, 5.41) is 7.51. The van der Waals surface area contributed by atoms with Crippen LogP contribution in [0, 0.1) is 5.92 Å². The molecular formula is C20H23F6N7O3. The average Bonchev–Trinajstić information content (AvgIpc) is 2.82. The summed E-state index contributed by atoms with van der Waals surface area (Å²) in [5.74, 6) is -1.02. The van der Waals surface area contributed by atoms with Crippen LogP contribution in [0.1, 0.15) is 38.7 Å². The third-order valence-electron chi connectivity index (χ3n) is 5.22. The summed E-state index contributed by atoms with van der Waals surface area (Å²) in [5.41, 5.74) is -2.28. The van der Waals surface area contributed by atoms with E-state index >= 15 is 0 Å². The third-order valence-corrected chi connectivity index (χ3v) is 5.22. The number of alkyl halides is 6. The average molecular weight is 524 g/mol. The number of hydrogen-bond acceptors (Lipinski definition) is 8. The van der Waals surface area contributed by atoms with Crippen LogP contribution < -0.4 is 21.3 Å². The van der Waals surface area contributed by atoms with Crippen LogP contribution in [-0.2, 0) is 22.0 Å². The molecule has 1 unspecified atom stereocenters. The molecule has 0 radical (unpaired) electrons. The fourth-order valence-electron chi connectivity index (χ4n) is 3.48. The van der Waals surface area contributed by atoms with Gasteiger partial charge in [0.2, 0.25) is 11.9 Å². The number of piperidine rings is 1. The van der Waals surface area contributed by atoms with Crippen molar-refractivity contribution in [3.8, 4) is 0 Å². The zero-order chi connectivity index (χ0) is 27.4. The summed E-state index contributed by atoms with van der Waals surface area (Å²) >= 11 is 0. The van der Waals surface area contributed by atoms with Gasteiger partial charge in [-0.3, -0.25) is 14.4 Å². The number of rotatable bonds is 8. The number of amides is 1. The molecule has 0 bridgehead atoms. The first-order valence-electron chi connectivity index (χ1n) is 11.2. The van der Waals surface area contributed by atoms with Gasteiger partial charge in [0.25, 0.3) is 5.56 Å². The molecule has 36 heavy (non-hydrogen) atoms. The topological polar surface area (TPSA) is 125 Å². The van der Waals surface area contributed by atoms with Gasteiger partial charge in [0.15, 0.2) is 0 Å². The molecule has 3 rings (SSSR count). The Labute approximate surface area is 201 Å². The lowest BCUT2D eigenvalue weighted by atomic mass is 9.93. The van der Waals surface area contributed by atoms with Gasteiger partial charge in [0.05, 0.1) is 24.1 Å². The second-order valence-electron chi connectivity index (χ2n) is 8.07. The third kappa shape index (κ3) is 7.29. The number of anilines is 2. The number of aromatic nitrogens is 4. The van der Waals surface area contributed by atoms with Crippen molar-refractivity contribution >= 4 is 17.5 Å². The predicted octanol–water partition coefficient (Wildman–Crippen LogP) is 2.75. The number of nitrogens with one attached hydrogen (secondary N) is 3. The van der Waals surface area contributed by atoms with Crippen molar-refractivity contribution in [1.29, 1.82) is 0 Å². The quantitative estimate of drug-likeness (QED) is 0.356. The molecule has 1 fully saturated rings. The Kier molecular flexibility index (Phi) is 7.91. The Morgan fingerprint density at radius 1 is 1.19 bits per heavy atom.